The van der Waals surface area contributed by atoms with Gasteiger partial charge in [-0.05, 0) is 50.1 Å². The molecule has 0 saturated heterocycles. The third-order valence-corrected chi connectivity index (χ3v) is 4.94. The van der Waals surface area contributed by atoms with Crippen LogP contribution < -0.4 is 4.90 Å². The number of hydrogen-bond donors (Lipinski definition) is 0. The molecule has 0 fully saturated rings. The summed E-state index contributed by atoms with van der Waals surface area (Å²) in [6.07, 6.45) is 0.0198. The summed E-state index contributed by atoms with van der Waals surface area (Å²) in [5, 5.41) is 0.605. The summed E-state index contributed by atoms with van der Waals surface area (Å²) in [5.41, 5.74) is 2.16. The van der Waals surface area contributed by atoms with Crippen LogP contribution in [-0.2, 0) is 14.3 Å². The molecule has 1 amide bonds. The number of hydrogen-bond acceptors (Lipinski definition) is 3. The van der Waals surface area contributed by atoms with Gasteiger partial charge in [0, 0.05) is 23.7 Å². The molecular weight excluding hydrogens is 362 g/mol. The first kappa shape index (κ1) is 19.4. The van der Waals surface area contributed by atoms with E-state index >= 15 is 0 Å². The van der Waals surface area contributed by atoms with Gasteiger partial charge in [-0.25, -0.2) is 0 Å². The fourth-order valence-electron chi connectivity index (χ4n) is 3.65. The van der Waals surface area contributed by atoms with Crippen molar-refractivity contribution in [3.05, 3.63) is 64.7 Å². The first-order chi connectivity index (χ1) is 12.7. The van der Waals surface area contributed by atoms with Gasteiger partial charge < -0.3 is 9.64 Å². The van der Waals surface area contributed by atoms with Crippen molar-refractivity contribution in [3.63, 3.8) is 0 Å². The highest BCUT2D eigenvalue weighted by molar-refractivity contribution is 6.30. The van der Waals surface area contributed by atoms with Crippen molar-refractivity contribution in [3.8, 4) is 0 Å². The normalized spacial score (nSPS) is 19.6. The average Bonchev–Trinajstić information content (AvgIpc) is 2.58. The predicted molar refractivity (Wildman–Crippen MR) is 107 cm³/mol. The molecule has 5 heteroatoms. The largest absolute Gasteiger partial charge is 0.460 e. The van der Waals surface area contributed by atoms with Gasteiger partial charge in [-0.15, -0.1) is 0 Å². The van der Waals surface area contributed by atoms with E-state index < -0.39 is 11.5 Å². The van der Waals surface area contributed by atoms with Crippen LogP contribution in [0.1, 0.15) is 44.2 Å². The Morgan fingerprint density at radius 3 is 2.44 bits per heavy atom. The van der Waals surface area contributed by atoms with E-state index in [4.69, 9.17) is 16.3 Å². The molecule has 2 unspecified atom stereocenters. The molecule has 1 aliphatic heterocycles. The van der Waals surface area contributed by atoms with Crippen molar-refractivity contribution in [2.75, 3.05) is 11.9 Å². The van der Waals surface area contributed by atoms with Crippen LogP contribution in [0.15, 0.2) is 48.5 Å². The molecule has 1 heterocycles. The van der Waals surface area contributed by atoms with Gasteiger partial charge >= 0.3 is 5.97 Å². The van der Waals surface area contributed by atoms with E-state index in [2.05, 4.69) is 0 Å². The number of benzene rings is 2. The maximum atomic E-state index is 13.1. The van der Waals surface area contributed by atoms with E-state index in [9.17, 15) is 9.59 Å². The summed E-state index contributed by atoms with van der Waals surface area (Å²) in [7, 11) is 1.73. The molecule has 2 aromatic rings. The molecular formula is C22H24ClNO3. The first-order valence-corrected chi connectivity index (χ1v) is 9.39. The summed E-state index contributed by atoms with van der Waals surface area (Å²) >= 11 is 6.26. The van der Waals surface area contributed by atoms with E-state index in [1.54, 1.807) is 18.0 Å². The Labute approximate surface area is 165 Å². The number of carbonyl (C=O) groups excluding carboxylic acids is 2. The molecule has 0 bridgehead atoms. The van der Waals surface area contributed by atoms with Crippen molar-refractivity contribution >= 4 is 29.2 Å². The molecule has 27 heavy (non-hydrogen) atoms. The minimum Gasteiger partial charge on any atom is -0.460 e. The molecule has 4 nitrogen and oxygen atoms in total. The van der Waals surface area contributed by atoms with Crippen LogP contribution in [0.2, 0.25) is 5.02 Å². The molecule has 0 N–H and O–H groups in total. The topological polar surface area (TPSA) is 46.6 Å². The average molecular weight is 386 g/mol. The Bertz CT molecular complexity index is 858. The fourth-order valence-corrected chi connectivity index (χ4v) is 3.83. The maximum absolute atomic E-state index is 13.1. The Kier molecular flexibility index (Phi) is 5.29. The van der Waals surface area contributed by atoms with Gasteiger partial charge in [0.05, 0.1) is 12.3 Å². The summed E-state index contributed by atoms with van der Waals surface area (Å²) in [6, 6.07) is 15.3. The fraction of sp³-hybridized carbons (Fsp3) is 0.364. The van der Waals surface area contributed by atoms with Crippen LogP contribution in [0.3, 0.4) is 0 Å². The monoisotopic (exact) mass is 385 g/mol. The van der Waals surface area contributed by atoms with E-state index in [1.807, 2.05) is 63.2 Å². The smallest absolute Gasteiger partial charge is 0.307 e. The third-order valence-electron chi connectivity index (χ3n) is 4.70. The summed E-state index contributed by atoms with van der Waals surface area (Å²) in [5.74, 6) is -1.26. The summed E-state index contributed by atoms with van der Waals surface area (Å²) in [6.45, 7) is 5.47. The van der Waals surface area contributed by atoms with E-state index in [1.165, 1.54) is 0 Å². The lowest BCUT2D eigenvalue weighted by atomic mass is 9.75. The Morgan fingerprint density at radius 1 is 1.15 bits per heavy atom. The molecule has 0 spiro atoms. The van der Waals surface area contributed by atoms with Gasteiger partial charge in [-0.3, -0.25) is 9.59 Å². The second-order valence-electron chi connectivity index (χ2n) is 7.89. The SMILES string of the molecule is CN1C(=O)C(CC(=O)OC(C)(C)C)C(c2ccccc2)c2cc(Cl)ccc21. The van der Waals surface area contributed by atoms with Crippen LogP contribution in [-0.4, -0.2) is 24.5 Å². The Morgan fingerprint density at radius 2 is 1.81 bits per heavy atom. The van der Waals surface area contributed by atoms with Gasteiger partial charge in [-0.1, -0.05) is 41.9 Å². The number of carbonyl (C=O) groups is 2. The number of nitrogens with zero attached hydrogens (tertiary/aromatic N) is 1. The lowest BCUT2D eigenvalue weighted by Gasteiger charge is -2.38. The minimum absolute atomic E-state index is 0.0198. The zero-order valence-electron chi connectivity index (χ0n) is 16.0. The van der Waals surface area contributed by atoms with E-state index in [0.717, 1.165) is 16.8 Å². The van der Waals surface area contributed by atoms with Gasteiger partial charge in [0.1, 0.15) is 5.60 Å². The number of esters is 1. The standard InChI is InChI=1S/C22H24ClNO3/c1-22(2,3)27-19(25)13-17-20(14-8-6-5-7-9-14)16-12-15(23)10-11-18(16)24(4)21(17)26/h5-12,17,20H,13H2,1-4H3. The molecule has 1 aliphatic rings. The molecule has 142 valence electrons. The lowest BCUT2D eigenvalue weighted by molar-refractivity contribution is -0.157. The maximum Gasteiger partial charge on any atom is 0.307 e. The van der Waals surface area contributed by atoms with Crippen LogP contribution in [0.5, 0.6) is 0 Å². The second-order valence-corrected chi connectivity index (χ2v) is 8.32. The highest BCUT2D eigenvalue weighted by Gasteiger charge is 2.41. The zero-order valence-corrected chi connectivity index (χ0v) is 16.8. The molecule has 2 aromatic carbocycles. The van der Waals surface area contributed by atoms with Gasteiger partial charge in [0.15, 0.2) is 0 Å². The van der Waals surface area contributed by atoms with Crippen molar-refractivity contribution in [2.45, 2.75) is 38.7 Å². The number of fused-ring (bicyclic) bond motifs is 1. The summed E-state index contributed by atoms with van der Waals surface area (Å²) < 4.78 is 5.48. The van der Waals surface area contributed by atoms with Gasteiger partial charge in [-0.2, -0.15) is 0 Å². The summed E-state index contributed by atoms with van der Waals surface area (Å²) in [4.78, 5) is 27.3. The van der Waals surface area contributed by atoms with Crippen LogP contribution >= 0.6 is 11.6 Å². The van der Waals surface area contributed by atoms with Crippen molar-refractivity contribution in [1.82, 2.24) is 0 Å². The highest BCUT2D eigenvalue weighted by atomic mass is 35.5. The zero-order chi connectivity index (χ0) is 19.8. The van der Waals surface area contributed by atoms with Crippen LogP contribution in [0.4, 0.5) is 5.69 Å². The van der Waals surface area contributed by atoms with Crippen molar-refractivity contribution < 1.29 is 14.3 Å². The molecule has 0 aliphatic carbocycles. The number of halogens is 1. The molecule has 3 rings (SSSR count). The van der Waals surface area contributed by atoms with Gasteiger partial charge in [0.2, 0.25) is 5.91 Å². The predicted octanol–water partition coefficient (Wildman–Crippen LogP) is 4.80. The van der Waals surface area contributed by atoms with Crippen LogP contribution in [0, 0.1) is 5.92 Å². The quantitative estimate of drug-likeness (QED) is 0.713. The number of rotatable bonds is 3. The van der Waals surface area contributed by atoms with Crippen molar-refractivity contribution in [2.24, 2.45) is 5.92 Å². The minimum atomic E-state index is -0.593. The molecule has 0 saturated carbocycles. The molecule has 0 radical (unpaired) electrons. The van der Waals surface area contributed by atoms with E-state index in [-0.39, 0.29) is 24.2 Å². The van der Waals surface area contributed by atoms with Gasteiger partial charge in [0.25, 0.3) is 0 Å². The third kappa shape index (κ3) is 4.16. The first-order valence-electron chi connectivity index (χ1n) is 9.01. The van der Waals surface area contributed by atoms with Crippen molar-refractivity contribution in [1.29, 1.82) is 0 Å². The number of anilines is 1. The molecule has 2 atom stereocenters. The van der Waals surface area contributed by atoms with Crippen LogP contribution in [0.25, 0.3) is 0 Å². The highest BCUT2D eigenvalue weighted by Crippen LogP contribution is 2.45. The number of amides is 1. The second kappa shape index (κ2) is 7.35. The Hall–Kier alpha value is -2.33. The lowest BCUT2D eigenvalue weighted by Crippen LogP contribution is -2.43. The number of ether oxygens (including phenoxy) is 1. The van der Waals surface area contributed by atoms with E-state index in [0.29, 0.717) is 5.02 Å². The Balaban J connectivity index is 2.07. The molecule has 0 aromatic heterocycles.